The average Bonchev–Trinajstić information content (AvgIpc) is 3.18. The molecule has 0 aromatic heterocycles. The predicted octanol–water partition coefficient (Wildman–Crippen LogP) is 3.47. The van der Waals surface area contributed by atoms with E-state index in [2.05, 4.69) is 20.0 Å². The van der Waals surface area contributed by atoms with Crippen molar-refractivity contribution in [1.29, 1.82) is 0 Å². The highest BCUT2D eigenvalue weighted by atomic mass is 16.5. The molecule has 0 saturated carbocycles. The summed E-state index contributed by atoms with van der Waals surface area (Å²) in [6.45, 7) is 8.75. The topological polar surface area (TPSA) is 115 Å². The number of hydrogen-bond acceptors (Lipinski definition) is 10. The Hall–Kier alpha value is -4.88. The summed E-state index contributed by atoms with van der Waals surface area (Å²) in [5.74, 6) is -1.03. The van der Waals surface area contributed by atoms with E-state index in [0.717, 1.165) is 72.1 Å². The van der Waals surface area contributed by atoms with Crippen molar-refractivity contribution >= 4 is 56.5 Å². The molecule has 4 aliphatic heterocycles. The molecular formula is C40H44N6O6. The van der Waals surface area contributed by atoms with Crippen LogP contribution in [0.2, 0.25) is 0 Å². The van der Waals surface area contributed by atoms with Crippen LogP contribution in [0.1, 0.15) is 47.9 Å². The number of nitrogens with one attached hydrogen (secondary N) is 1. The molecule has 0 unspecified atom stereocenters. The number of nitrogens with zero attached hydrogens (tertiary/aromatic N) is 5. The fourth-order valence-corrected chi connectivity index (χ4v) is 8.00. The van der Waals surface area contributed by atoms with Crippen molar-refractivity contribution in [3.8, 4) is 0 Å². The highest BCUT2D eigenvalue weighted by molar-refractivity contribution is 6.28. The van der Waals surface area contributed by atoms with Gasteiger partial charge in [-0.15, -0.1) is 0 Å². The molecule has 4 heterocycles. The zero-order chi connectivity index (χ0) is 35.8. The second-order valence-electron chi connectivity index (χ2n) is 13.9. The van der Waals surface area contributed by atoms with Gasteiger partial charge in [0.2, 0.25) is 0 Å². The van der Waals surface area contributed by atoms with Crippen molar-refractivity contribution in [2.45, 2.75) is 6.42 Å². The number of amides is 4. The molecule has 1 N–H and O–H groups in total. The smallest absolute Gasteiger partial charge is 0.261 e. The number of hydrogen-bond donors (Lipinski definition) is 1. The summed E-state index contributed by atoms with van der Waals surface area (Å²) in [7, 11) is 1.98. The normalized spacial score (nSPS) is 17.7. The molecule has 12 nitrogen and oxygen atoms in total. The maximum Gasteiger partial charge on any atom is 0.261 e. The third-order valence-electron chi connectivity index (χ3n) is 10.8. The van der Waals surface area contributed by atoms with E-state index in [9.17, 15) is 19.2 Å². The molecule has 4 aromatic rings. The van der Waals surface area contributed by atoms with Gasteiger partial charge in [-0.2, -0.15) is 0 Å². The third-order valence-corrected chi connectivity index (χ3v) is 10.8. The zero-order valence-corrected chi connectivity index (χ0v) is 29.6. The van der Waals surface area contributed by atoms with E-state index in [4.69, 9.17) is 9.47 Å². The number of carbonyl (C=O) groups excluding carboxylic acids is 4. The van der Waals surface area contributed by atoms with Gasteiger partial charge in [-0.3, -0.25) is 29.0 Å². The van der Waals surface area contributed by atoms with Crippen LogP contribution in [0.25, 0.3) is 21.5 Å². The molecule has 0 aliphatic carbocycles. The number of benzene rings is 4. The largest absolute Gasteiger partial charge is 0.378 e. The first-order chi connectivity index (χ1) is 25.4. The molecule has 0 bridgehead atoms. The highest BCUT2D eigenvalue weighted by Crippen LogP contribution is 2.37. The first kappa shape index (κ1) is 34.2. The van der Waals surface area contributed by atoms with E-state index in [-0.39, 0.29) is 30.2 Å². The average molecular weight is 705 g/mol. The van der Waals surface area contributed by atoms with Crippen LogP contribution in [0.3, 0.4) is 0 Å². The van der Waals surface area contributed by atoms with Crippen molar-refractivity contribution in [2.75, 3.05) is 109 Å². The van der Waals surface area contributed by atoms with Crippen molar-refractivity contribution in [2.24, 2.45) is 0 Å². The molecule has 0 radical (unpaired) electrons. The van der Waals surface area contributed by atoms with Gasteiger partial charge in [-0.25, -0.2) is 0 Å². The summed E-state index contributed by atoms with van der Waals surface area (Å²) in [6, 6.07) is 19.1. The van der Waals surface area contributed by atoms with E-state index < -0.39 is 0 Å². The minimum absolute atomic E-state index is 0.254. The fourth-order valence-electron chi connectivity index (χ4n) is 8.00. The van der Waals surface area contributed by atoms with Crippen LogP contribution < -0.4 is 15.1 Å². The van der Waals surface area contributed by atoms with Crippen LogP contribution in [0.4, 0.5) is 11.4 Å². The molecule has 12 heteroatoms. The summed E-state index contributed by atoms with van der Waals surface area (Å²) in [5, 5.41) is 6.71. The van der Waals surface area contributed by atoms with Gasteiger partial charge in [0.15, 0.2) is 0 Å². The maximum atomic E-state index is 13.6. The Kier molecular flexibility index (Phi) is 9.63. The van der Waals surface area contributed by atoms with E-state index in [1.54, 1.807) is 0 Å². The van der Waals surface area contributed by atoms with Crippen molar-refractivity contribution in [1.82, 2.24) is 20.0 Å². The fraction of sp³-hybridized carbons (Fsp3) is 0.400. The molecular weight excluding hydrogens is 660 g/mol. The van der Waals surface area contributed by atoms with Crippen LogP contribution in [0, 0.1) is 0 Å². The number of likely N-dealkylation sites (N-methyl/N-ethyl adjacent to an activating group) is 1. The zero-order valence-electron chi connectivity index (χ0n) is 29.6. The van der Waals surface area contributed by atoms with Crippen LogP contribution in [0.15, 0.2) is 60.7 Å². The first-order valence-electron chi connectivity index (χ1n) is 18.3. The maximum absolute atomic E-state index is 13.6. The van der Waals surface area contributed by atoms with Gasteiger partial charge in [0.25, 0.3) is 23.6 Å². The lowest BCUT2D eigenvalue weighted by Gasteiger charge is -2.33. The van der Waals surface area contributed by atoms with E-state index in [0.29, 0.717) is 74.9 Å². The summed E-state index contributed by atoms with van der Waals surface area (Å²) >= 11 is 0. The summed E-state index contributed by atoms with van der Waals surface area (Å²) in [4.78, 5) is 63.6. The van der Waals surface area contributed by atoms with E-state index in [1.165, 1.54) is 9.80 Å². The predicted molar refractivity (Wildman–Crippen MR) is 200 cm³/mol. The van der Waals surface area contributed by atoms with Crippen LogP contribution in [-0.2, 0) is 9.47 Å². The SMILES string of the molecule is CN(CCCNCCN1C(=O)c2cccc3c(N4CCOCC4)ccc(c23)C1=O)CCN1C(=O)c2cccc3c(N4CCOCC4)ccc(c23)C1=O. The Morgan fingerprint density at radius 2 is 1.04 bits per heavy atom. The molecule has 0 spiro atoms. The Bertz CT molecular complexity index is 2010. The van der Waals surface area contributed by atoms with Crippen molar-refractivity contribution in [3.05, 3.63) is 82.9 Å². The third kappa shape index (κ3) is 6.19. The standard InChI is InChI=1S/C40H44N6O6/c1-42(17-18-46-38(48)30-8-3-6-28-34(44-21-25-52-26-22-44)12-10-32(36(28)30)40(46)50)15-4-13-41-14-16-45-37(47)29-7-2-5-27-33(43-19-23-51-24-20-43)11-9-31(35(27)29)39(45)49/h2-3,5-12,41H,4,13-26H2,1H3. The molecule has 52 heavy (non-hydrogen) atoms. The Labute approximate surface area is 302 Å². The Morgan fingerprint density at radius 3 is 1.54 bits per heavy atom. The second-order valence-corrected chi connectivity index (χ2v) is 13.9. The van der Waals surface area contributed by atoms with E-state index in [1.807, 2.05) is 67.7 Å². The quantitative estimate of drug-likeness (QED) is 0.174. The van der Waals surface area contributed by atoms with Crippen LogP contribution in [0.5, 0.6) is 0 Å². The van der Waals surface area contributed by atoms with E-state index >= 15 is 0 Å². The molecule has 4 amide bonds. The van der Waals surface area contributed by atoms with Gasteiger partial charge < -0.3 is 29.5 Å². The van der Waals surface area contributed by atoms with Gasteiger partial charge in [-0.05, 0) is 63.0 Å². The lowest BCUT2D eigenvalue weighted by molar-refractivity contribution is 0.0589. The lowest BCUT2D eigenvalue weighted by atomic mass is 9.92. The molecule has 2 fully saturated rings. The molecule has 270 valence electrons. The lowest BCUT2D eigenvalue weighted by Crippen LogP contribution is -2.45. The molecule has 4 aromatic carbocycles. The van der Waals surface area contributed by atoms with Crippen LogP contribution in [-0.4, -0.2) is 137 Å². The van der Waals surface area contributed by atoms with Gasteiger partial charge in [0.05, 0.1) is 26.4 Å². The Morgan fingerprint density at radius 1 is 0.577 bits per heavy atom. The molecule has 4 aliphatic rings. The van der Waals surface area contributed by atoms with Gasteiger partial charge in [0.1, 0.15) is 0 Å². The number of ether oxygens (including phenoxy) is 2. The number of morpholine rings is 2. The number of imide groups is 2. The van der Waals surface area contributed by atoms with Crippen LogP contribution >= 0.6 is 0 Å². The molecule has 2 saturated heterocycles. The van der Waals surface area contributed by atoms with Gasteiger partial charge in [-0.1, -0.05) is 24.3 Å². The Balaban J connectivity index is 0.821. The van der Waals surface area contributed by atoms with Gasteiger partial charge >= 0.3 is 0 Å². The number of rotatable bonds is 12. The molecule has 8 rings (SSSR count). The minimum atomic E-state index is -0.262. The van der Waals surface area contributed by atoms with Gasteiger partial charge in [0, 0.05) is 108 Å². The minimum Gasteiger partial charge on any atom is -0.378 e. The summed E-state index contributed by atoms with van der Waals surface area (Å²) < 4.78 is 11.0. The number of anilines is 2. The van der Waals surface area contributed by atoms with Crippen molar-refractivity contribution in [3.63, 3.8) is 0 Å². The first-order valence-corrected chi connectivity index (χ1v) is 18.3. The second kappa shape index (κ2) is 14.6. The monoisotopic (exact) mass is 704 g/mol. The molecule has 0 atom stereocenters. The summed E-state index contributed by atoms with van der Waals surface area (Å²) in [6.07, 6.45) is 0.819. The summed E-state index contributed by atoms with van der Waals surface area (Å²) in [5.41, 5.74) is 4.32. The highest BCUT2D eigenvalue weighted by Gasteiger charge is 2.35. The van der Waals surface area contributed by atoms with Crippen molar-refractivity contribution < 1.29 is 28.7 Å². The number of carbonyl (C=O) groups is 4.